The van der Waals surface area contributed by atoms with Crippen LogP contribution in [-0.4, -0.2) is 25.8 Å². The van der Waals surface area contributed by atoms with Gasteiger partial charge in [0.25, 0.3) is 0 Å². The SMILES string of the molecule is Fc1cccc(Cl)c1OC(c1ccccc1)[C@@H]1CNCCO1. The molecule has 3 rings (SSSR count). The first-order chi connectivity index (χ1) is 10.8. The summed E-state index contributed by atoms with van der Waals surface area (Å²) < 4.78 is 25.8. The van der Waals surface area contributed by atoms with Crippen molar-refractivity contribution in [2.45, 2.75) is 12.2 Å². The molecule has 1 fully saturated rings. The van der Waals surface area contributed by atoms with Crippen LogP contribution >= 0.6 is 11.6 Å². The largest absolute Gasteiger partial charge is 0.478 e. The number of morpholine rings is 1. The van der Waals surface area contributed by atoms with Crippen molar-refractivity contribution in [2.75, 3.05) is 19.7 Å². The lowest BCUT2D eigenvalue weighted by atomic mass is 10.0. The molecule has 0 spiro atoms. The number of ether oxygens (including phenoxy) is 2. The van der Waals surface area contributed by atoms with Gasteiger partial charge in [-0.1, -0.05) is 48.0 Å². The minimum atomic E-state index is -0.475. The maximum absolute atomic E-state index is 14.0. The number of nitrogens with one attached hydrogen (secondary N) is 1. The minimum Gasteiger partial charge on any atom is -0.478 e. The van der Waals surface area contributed by atoms with Gasteiger partial charge < -0.3 is 14.8 Å². The Balaban J connectivity index is 1.91. The van der Waals surface area contributed by atoms with E-state index < -0.39 is 11.9 Å². The summed E-state index contributed by atoms with van der Waals surface area (Å²) in [6, 6.07) is 14.2. The molecule has 0 amide bonds. The fraction of sp³-hybridized carbons (Fsp3) is 0.294. The van der Waals surface area contributed by atoms with E-state index in [-0.39, 0.29) is 16.9 Å². The highest BCUT2D eigenvalue weighted by Crippen LogP contribution is 2.34. The second-order valence-corrected chi connectivity index (χ2v) is 5.52. The first-order valence-corrected chi connectivity index (χ1v) is 7.61. The number of para-hydroxylation sites is 1. The topological polar surface area (TPSA) is 30.5 Å². The Morgan fingerprint density at radius 2 is 2.00 bits per heavy atom. The molecule has 2 atom stereocenters. The number of hydrogen-bond donors (Lipinski definition) is 1. The third kappa shape index (κ3) is 3.40. The highest BCUT2D eigenvalue weighted by Gasteiger charge is 2.29. The van der Waals surface area contributed by atoms with E-state index in [1.165, 1.54) is 6.07 Å². The van der Waals surface area contributed by atoms with E-state index in [1.54, 1.807) is 12.1 Å². The normalized spacial score (nSPS) is 19.6. The predicted octanol–water partition coefficient (Wildman–Crippen LogP) is 3.59. The zero-order valence-electron chi connectivity index (χ0n) is 12.0. The molecule has 0 aromatic heterocycles. The average Bonchev–Trinajstić information content (AvgIpc) is 2.56. The second-order valence-electron chi connectivity index (χ2n) is 5.11. The Kier molecular flexibility index (Phi) is 4.93. The second kappa shape index (κ2) is 7.09. The van der Waals surface area contributed by atoms with Crippen molar-refractivity contribution >= 4 is 11.6 Å². The zero-order chi connectivity index (χ0) is 15.4. The molecule has 0 radical (unpaired) electrons. The third-order valence-corrected chi connectivity index (χ3v) is 3.88. The third-order valence-electron chi connectivity index (χ3n) is 3.59. The molecule has 5 heteroatoms. The predicted molar refractivity (Wildman–Crippen MR) is 83.8 cm³/mol. The van der Waals surface area contributed by atoms with Crippen LogP contribution in [0, 0.1) is 5.82 Å². The van der Waals surface area contributed by atoms with Gasteiger partial charge in [-0.3, -0.25) is 0 Å². The molecule has 0 aliphatic carbocycles. The quantitative estimate of drug-likeness (QED) is 0.933. The van der Waals surface area contributed by atoms with Gasteiger partial charge in [0.05, 0.1) is 11.6 Å². The van der Waals surface area contributed by atoms with Crippen molar-refractivity contribution in [1.82, 2.24) is 5.32 Å². The van der Waals surface area contributed by atoms with Gasteiger partial charge in [0.2, 0.25) is 0 Å². The molecule has 0 saturated carbocycles. The van der Waals surface area contributed by atoms with E-state index in [0.717, 1.165) is 12.1 Å². The monoisotopic (exact) mass is 321 g/mol. The van der Waals surface area contributed by atoms with Crippen LogP contribution in [0.15, 0.2) is 48.5 Å². The fourth-order valence-electron chi connectivity index (χ4n) is 2.50. The van der Waals surface area contributed by atoms with Crippen molar-refractivity contribution in [2.24, 2.45) is 0 Å². The Labute approximate surface area is 134 Å². The standard InChI is InChI=1S/C17H17ClFNO2/c18-13-7-4-8-14(19)17(13)22-16(12-5-2-1-3-6-12)15-11-20-9-10-21-15/h1-8,15-16,20H,9-11H2/t15-,16?/m0/s1. The smallest absolute Gasteiger partial charge is 0.174 e. The molecule has 1 aliphatic heterocycles. The lowest BCUT2D eigenvalue weighted by Gasteiger charge is -2.32. The lowest BCUT2D eigenvalue weighted by molar-refractivity contribution is -0.0442. The van der Waals surface area contributed by atoms with Crippen molar-refractivity contribution in [3.05, 3.63) is 64.9 Å². The van der Waals surface area contributed by atoms with Crippen LogP contribution in [0.2, 0.25) is 5.02 Å². The van der Waals surface area contributed by atoms with Crippen LogP contribution in [0.3, 0.4) is 0 Å². The van der Waals surface area contributed by atoms with E-state index in [9.17, 15) is 4.39 Å². The van der Waals surface area contributed by atoms with Crippen molar-refractivity contribution in [1.29, 1.82) is 0 Å². The van der Waals surface area contributed by atoms with E-state index in [2.05, 4.69) is 5.32 Å². The Morgan fingerprint density at radius 3 is 2.68 bits per heavy atom. The summed E-state index contributed by atoms with van der Waals surface area (Å²) >= 11 is 6.08. The van der Waals surface area contributed by atoms with E-state index >= 15 is 0 Å². The molecule has 3 nitrogen and oxygen atoms in total. The molecule has 1 unspecified atom stereocenters. The van der Waals surface area contributed by atoms with Crippen molar-refractivity contribution in [3.8, 4) is 5.75 Å². The van der Waals surface area contributed by atoms with E-state index in [1.807, 2.05) is 30.3 Å². The highest BCUT2D eigenvalue weighted by molar-refractivity contribution is 6.32. The van der Waals surface area contributed by atoms with Crippen molar-refractivity contribution in [3.63, 3.8) is 0 Å². The molecule has 2 aromatic rings. The van der Waals surface area contributed by atoms with Gasteiger partial charge in [0, 0.05) is 13.1 Å². The van der Waals surface area contributed by atoms with Gasteiger partial charge in [-0.25, -0.2) is 4.39 Å². The molecule has 1 aliphatic rings. The van der Waals surface area contributed by atoms with Crippen LogP contribution in [0.1, 0.15) is 11.7 Å². The maximum atomic E-state index is 14.0. The van der Waals surface area contributed by atoms with E-state index in [4.69, 9.17) is 21.1 Å². The first kappa shape index (κ1) is 15.3. The Morgan fingerprint density at radius 1 is 1.18 bits per heavy atom. The van der Waals surface area contributed by atoms with Gasteiger partial charge in [-0.2, -0.15) is 0 Å². The van der Waals surface area contributed by atoms with Crippen LogP contribution in [0.5, 0.6) is 5.75 Å². The summed E-state index contributed by atoms with van der Waals surface area (Å²) in [5.41, 5.74) is 0.926. The van der Waals surface area contributed by atoms with Gasteiger partial charge >= 0.3 is 0 Å². The lowest BCUT2D eigenvalue weighted by Crippen LogP contribution is -2.43. The number of rotatable bonds is 4. The fourth-order valence-corrected chi connectivity index (χ4v) is 2.71. The number of halogens is 2. The molecule has 1 heterocycles. The molecule has 116 valence electrons. The van der Waals surface area contributed by atoms with E-state index in [0.29, 0.717) is 13.2 Å². The summed E-state index contributed by atoms with van der Waals surface area (Å²) in [5, 5.41) is 3.52. The summed E-state index contributed by atoms with van der Waals surface area (Å²) in [6.07, 6.45) is -0.629. The van der Waals surface area contributed by atoms with Crippen molar-refractivity contribution < 1.29 is 13.9 Å². The van der Waals surface area contributed by atoms with Crippen LogP contribution in [-0.2, 0) is 4.74 Å². The van der Waals surface area contributed by atoms with Crippen LogP contribution in [0.4, 0.5) is 4.39 Å². The number of benzene rings is 2. The molecule has 1 N–H and O–H groups in total. The van der Waals surface area contributed by atoms with Gasteiger partial charge in [0.1, 0.15) is 6.10 Å². The Hall–Kier alpha value is -1.62. The molecular formula is C17H17ClFNO2. The van der Waals surface area contributed by atoms with Gasteiger partial charge in [-0.05, 0) is 17.7 Å². The van der Waals surface area contributed by atoms with Crippen LogP contribution < -0.4 is 10.1 Å². The molecular weight excluding hydrogens is 305 g/mol. The Bertz CT molecular complexity index is 597. The van der Waals surface area contributed by atoms with Gasteiger partial charge in [0.15, 0.2) is 17.7 Å². The van der Waals surface area contributed by atoms with Gasteiger partial charge in [-0.15, -0.1) is 0 Å². The zero-order valence-corrected chi connectivity index (χ0v) is 12.7. The van der Waals surface area contributed by atoms with Crippen LogP contribution in [0.25, 0.3) is 0 Å². The summed E-state index contributed by atoms with van der Waals surface area (Å²) in [5.74, 6) is -0.413. The minimum absolute atomic E-state index is 0.0622. The molecule has 22 heavy (non-hydrogen) atoms. The summed E-state index contributed by atoms with van der Waals surface area (Å²) in [4.78, 5) is 0. The molecule has 0 bridgehead atoms. The molecule has 2 aromatic carbocycles. The summed E-state index contributed by atoms with van der Waals surface area (Å²) in [7, 11) is 0. The maximum Gasteiger partial charge on any atom is 0.174 e. The number of hydrogen-bond acceptors (Lipinski definition) is 3. The molecule has 1 saturated heterocycles. The summed E-state index contributed by atoms with van der Waals surface area (Å²) in [6.45, 7) is 2.05. The average molecular weight is 322 g/mol. The first-order valence-electron chi connectivity index (χ1n) is 7.23. The highest BCUT2D eigenvalue weighted by atomic mass is 35.5.